The van der Waals surface area contributed by atoms with Crippen LogP contribution in [0.15, 0.2) is 66.1 Å². The first kappa shape index (κ1) is 32.8. The summed E-state index contributed by atoms with van der Waals surface area (Å²) in [6.45, 7) is 10.7. The molecule has 1 aliphatic carbocycles. The summed E-state index contributed by atoms with van der Waals surface area (Å²) >= 11 is 6.39. The Hall–Kier alpha value is -3.14. The molecule has 1 aliphatic heterocycles. The number of ether oxygens (including phenoxy) is 2. The van der Waals surface area contributed by atoms with Crippen molar-refractivity contribution < 1.29 is 23.3 Å². The van der Waals surface area contributed by atoms with E-state index in [1.165, 1.54) is 12.5 Å². The highest BCUT2D eigenvalue weighted by Gasteiger charge is 2.39. The first-order valence-electron chi connectivity index (χ1n) is 14.9. The van der Waals surface area contributed by atoms with Crippen LogP contribution in [0.5, 0.6) is 5.75 Å². The van der Waals surface area contributed by atoms with Gasteiger partial charge in [-0.25, -0.2) is 9.35 Å². The number of rotatable bonds is 10. The number of hydrogen-bond donors (Lipinski definition) is 1. The molecule has 0 radical (unpaired) electrons. The van der Waals surface area contributed by atoms with Crippen molar-refractivity contribution >= 4 is 39.1 Å². The molecule has 2 N–H and O–H groups in total. The highest BCUT2D eigenvalue weighted by atomic mass is 35.5. The summed E-state index contributed by atoms with van der Waals surface area (Å²) in [6, 6.07) is 11.2. The minimum absolute atomic E-state index is 0.111. The van der Waals surface area contributed by atoms with Crippen molar-refractivity contribution in [2.24, 2.45) is 21.3 Å². The predicted molar refractivity (Wildman–Crippen MR) is 173 cm³/mol. The minimum atomic E-state index is -3.18. The number of halogens is 1. The molecule has 1 amide bonds. The van der Waals surface area contributed by atoms with Crippen molar-refractivity contribution in [1.82, 2.24) is 0 Å². The number of fused-ring (bicyclic) bond motifs is 2. The predicted octanol–water partition coefficient (Wildman–Crippen LogP) is 6.65. The normalized spacial score (nSPS) is 20.4. The summed E-state index contributed by atoms with van der Waals surface area (Å²) in [5, 5.41) is 6.62. The Bertz CT molecular complexity index is 1470. The van der Waals surface area contributed by atoms with Gasteiger partial charge in [-0.2, -0.15) is 0 Å². The van der Waals surface area contributed by atoms with Crippen molar-refractivity contribution in [2.45, 2.75) is 64.5 Å². The smallest absolute Gasteiger partial charge is 0.303 e. The van der Waals surface area contributed by atoms with Crippen LogP contribution in [0.25, 0.3) is 0 Å². The van der Waals surface area contributed by atoms with E-state index in [9.17, 15) is 13.8 Å². The van der Waals surface area contributed by atoms with E-state index < -0.39 is 15.8 Å². The summed E-state index contributed by atoms with van der Waals surface area (Å²) in [5.74, 6) is 0.158. The monoisotopic (exact) mass is 627 g/mol. The van der Waals surface area contributed by atoms with Crippen molar-refractivity contribution in [3.8, 4) is 5.75 Å². The fourth-order valence-corrected chi connectivity index (χ4v) is 7.02. The maximum atomic E-state index is 13.2. The van der Waals surface area contributed by atoms with Gasteiger partial charge in [0.15, 0.2) is 0 Å². The molecular weight excluding hydrogens is 586 g/mol. The zero-order valence-corrected chi connectivity index (χ0v) is 26.4. The first-order valence-corrected chi connectivity index (χ1v) is 17.0. The number of hydrogen-bond acceptors (Lipinski definition) is 6. The van der Waals surface area contributed by atoms with E-state index in [-0.39, 0.29) is 35.2 Å². The molecule has 1 fully saturated rings. The summed E-state index contributed by atoms with van der Waals surface area (Å²) < 4.78 is 28.6. The molecule has 232 valence electrons. The number of benzene rings is 2. The number of nitrogens with two attached hydrogens (primary N) is 1. The highest BCUT2D eigenvalue weighted by Crippen LogP contribution is 2.42. The van der Waals surface area contributed by atoms with Crippen LogP contribution in [0.4, 0.5) is 5.69 Å². The minimum Gasteiger partial charge on any atom is -0.491 e. The average Bonchev–Trinajstić information content (AvgIpc) is 2.97. The van der Waals surface area contributed by atoms with Crippen LogP contribution in [0.1, 0.15) is 66.9 Å². The second-order valence-electron chi connectivity index (χ2n) is 11.3. The molecular formula is C33H42ClN3O5S. The Morgan fingerprint density at radius 3 is 2.72 bits per heavy atom. The zero-order chi connectivity index (χ0) is 31.0. The molecule has 2 aliphatic rings. The van der Waals surface area contributed by atoms with Crippen LogP contribution in [-0.4, -0.2) is 41.1 Å². The van der Waals surface area contributed by atoms with Crippen LogP contribution in [0.2, 0.25) is 5.02 Å². The highest BCUT2D eigenvalue weighted by molar-refractivity contribution is 7.91. The molecule has 8 nitrogen and oxygen atoms in total. The number of nitrogens with zero attached hydrogens (tertiary/aromatic N) is 2. The molecule has 4 atom stereocenters. The van der Waals surface area contributed by atoms with Gasteiger partial charge in [-0.1, -0.05) is 36.4 Å². The van der Waals surface area contributed by atoms with Gasteiger partial charge in [-0.3, -0.25) is 9.59 Å². The van der Waals surface area contributed by atoms with Crippen molar-refractivity contribution in [2.75, 3.05) is 23.8 Å². The van der Waals surface area contributed by atoms with Gasteiger partial charge >= 0.3 is 5.97 Å². The molecule has 1 unspecified atom stereocenters. The van der Waals surface area contributed by atoms with Crippen molar-refractivity contribution in [3.05, 3.63) is 83.4 Å². The summed E-state index contributed by atoms with van der Waals surface area (Å²) in [4.78, 5) is 27.2. The van der Waals surface area contributed by atoms with Gasteiger partial charge in [0.2, 0.25) is 0 Å². The molecule has 1 heterocycles. The Kier molecular flexibility index (Phi) is 11.5. The van der Waals surface area contributed by atoms with Crippen LogP contribution in [-0.2, 0) is 32.4 Å². The number of allylic oxidation sites excluding steroid dienone is 1. The summed E-state index contributed by atoms with van der Waals surface area (Å²) in [7, 11) is -3.18. The summed E-state index contributed by atoms with van der Waals surface area (Å²) in [6.07, 6.45) is 8.80. The van der Waals surface area contributed by atoms with Crippen molar-refractivity contribution in [1.29, 1.82) is 0 Å². The molecule has 10 heteroatoms. The Morgan fingerprint density at radius 2 is 2.02 bits per heavy atom. The fourth-order valence-electron chi connectivity index (χ4n) is 5.77. The SMILES string of the molecule is C=CCCCS(N)(=O)=NC(=O)c1ccc2c(c1)N(C[C@@H]1CC[C@H]1[C@H](C=C)OC(C)=O)Cc1ccc(Cl)cc1CCCCO2. The lowest BCUT2D eigenvalue weighted by atomic mass is 9.70. The second-order valence-corrected chi connectivity index (χ2v) is 13.7. The fraction of sp³-hybridized carbons (Fsp3) is 0.455. The molecule has 2 aromatic rings. The van der Waals surface area contributed by atoms with Gasteiger partial charge < -0.3 is 14.4 Å². The van der Waals surface area contributed by atoms with Gasteiger partial charge in [-0.05, 0) is 92.3 Å². The lowest BCUT2D eigenvalue weighted by Gasteiger charge is -2.43. The van der Waals surface area contributed by atoms with Crippen LogP contribution in [0, 0.1) is 11.8 Å². The largest absolute Gasteiger partial charge is 0.491 e. The molecule has 1 saturated carbocycles. The van der Waals surface area contributed by atoms with Crippen molar-refractivity contribution in [3.63, 3.8) is 0 Å². The number of amides is 1. The third-order valence-electron chi connectivity index (χ3n) is 8.14. The third-order valence-corrected chi connectivity index (χ3v) is 9.73. The average molecular weight is 628 g/mol. The van der Waals surface area contributed by atoms with E-state index in [2.05, 4.69) is 28.5 Å². The maximum absolute atomic E-state index is 13.2. The number of carbonyl (C=O) groups is 2. The Balaban J connectivity index is 1.73. The summed E-state index contributed by atoms with van der Waals surface area (Å²) in [5.41, 5.74) is 3.35. The standard InChI is InChI=1S/C33H42ClN3O5S/c1-4-6-9-18-43(35,40)36-33(39)25-13-16-32-30(20-25)37(22-27-12-15-29(27)31(5-2)42-23(3)38)21-26-11-14-28(34)19-24(26)10-7-8-17-41-32/h4-5,11,13-14,16,19-20,27,29,31H,1-2,6-10,12,15,17-18,21-22H2,3H3,(H2,35,36,39,40)/t27-,29+,31-,43?/m0/s1. The van der Waals surface area contributed by atoms with E-state index in [4.69, 9.17) is 26.2 Å². The molecule has 0 bridgehead atoms. The molecule has 0 saturated heterocycles. The Morgan fingerprint density at radius 1 is 1.21 bits per heavy atom. The van der Waals surface area contributed by atoms with E-state index >= 15 is 0 Å². The van der Waals surface area contributed by atoms with Gasteiger partial charge in [0, 0.05) is 42.3 Å². The van der Waals surface area contributed by atoms with E-state index in [1.54, 1.807) is 30.4 Å². The molecule has 0 aromatic heterocycles. The van der Waals surface area contributed by atoms with Gasteiger partial charge in [0.25, 0.3) is 5.91 Å². The second kappa shape index (κ2) is 15.0. The van der Waals surface area contributed by atoms with Gasteiger partial charge in [0.05, 0.1) is 12.3 Å². The molecule has 0 spiro atoms. The molecule has 43 heavy (non-hydrogen) atoms. The zero-order valence-electron chi connectivity index (χ0n) is 24.8. The number of carbonyl (C=O) groups excluding carboxylic acids is 2. The van der Waals surface area contributed by atoms with Crippen LogP contribution in [0.3, 0.4) is 0 Å². The van der Waals surface area contributed by atoms with Crippen LogP contribution >= 0.6 is 11.6 Å². The number of aryl methyl sites for hydroxylation is 1. The number of esters is 1. The van der Waals surface area contributed by atoms with E-state index in [0.29, 0.717) is 43.3 Å². The van der Waals surface area contributed by atoms with Gasteiger partial charge in [0.1, 0.15) is 21.8 Å². The van der Waals surface area contributed by atoms with E-state index in [1.807, 2.05) is 12.1 Å². The Labute approximate surface area is 260 Å². The van der Waals surface area contributed by atoms with Gasteiger partial charge in [-0.15, -0.1) is 10.9 Å². The third kappa shape index (κ3) is 8.94. The lowest BCUT2D eigenvalue weighted by Crippen LogP contribution is -2.44. The lowest BCUT2D eigenvalue weighted by molar-refractivity contribution is -0.149. The van der Waals surface area contributed by atoms with Crippen LogP contribution < -0.4 is 14.8 Å². The molecule has 4 rings (SSSR count). The number of unbranched alkanes of at least 4 members (excludes halogenated alkanes) is 1. The topological polar surface area (TPSA) is 111 Å². The maximum Gasteiger partial charge on any atom is 0.303 e. The molecule has 2 aromatic carbocycles. The number of anilines is 1. The first-order chi connectivity index (χ1) is 20.6. The van der Waals surface area contributed by atoms with E-state index in [0.717, 1.165) is 43.4 Å². The quantitative estimate of drug-likeness (QED) is 0.179.